The Hall–Kier alpha value is -1.62. The summed E-state index contributed by atoms with van der Waals surface area (Å²) in [7, 11) is 0. The summed E-state index contributed by atoms with van der Waals surface area (Å²) in [5.74, 6) is 0. The summed E-state index contributed by atoms with van der Waals surface area (Å²) in [4.78, 5) is 2.63. The van der Waals surface area contributed by atoms with Crippen molar-refractivity contribution in [3.05, 3.63) is 52.8 Å². The maximum absolute atomic E-state index is 12.9. The number of pyridine rings is 1. The zero-order valence-electron chi connectivity index (χ0n) is 8.58. The lowest BCUT2D eigenvalue weighted by Gasteiger charge is -2.12. The van der Waals surface area contributed by atoms with Crippen LogP contribution in [-0.2, 0) is 6.18 Å². The largest absolute Gasteiger partial charge is 0.417 e. The number of H-pyrrole nitrogens is 1. The highest BCUT2D eigenvalue weighted by molar-refractivity contribution is 7.71. The van der Waals surface area contributed by atoms with Crippen LogP contribution in [0.5, 0.6) is 0 Å². The average molecular weight is 255 g/mol. The quantitative estimate of drug-likeness (QED) is 0.745. The van der Waals surface area contributed by atoms with Gasteiger partial charge in [0.2, 0.25) is 0 Å². The molecule has 5 heteroatoms. The molecule has 2 aromatic rings. The van der Waals surface area contributed by atoms with Crippen molar-refractivity contribution < 1.29 is 13.2 Å². The molecule has 0 bridgehead atoms. The van der Waals surface area contributed by atoms with Crippen LogP contribution >= 0.6 is 12.2 Å². The van der Waals surface area contributed by atoms with Crippen LogP contribution in [0.1, 0.15) is 5.56 Å². The van der Waals surface area contributed by atoms with E-state index in [1.807, 2.05) is 0 Å². The van der Waals surface area contributed by atoms with Crippen molar-refractivity contribution in [1.82, 2.24) is 4.98 Å². The van der Waals surface area contributed by atoms with Crippen molar-refractivity contribution in [3.8, 4) is 11.1 Å². The van der Waals surface area contributed by atoms with Crippen LogP contribution in [0.15, 0.2) is 42.6 Å². The summed E-state index contributed by atoms with van der Waals surface area (Å²) in [5.41, 5.74) is -0.232. The average Bonchev–Trinajstić information content (AvgIpc) is 2.28. The molecule has 0 fully saturated rings. The third-order valence-corrected chi connectivity index (χ3v) is 2.65. The molecule has 88 valence electrons. The molecule has 1 nitrogen and oxygen atoms in total. The smallest absolute Gasteiger partial charge is 0.352 e. The molecule has 17 heavy (non-hydrogen) atoms. The van der Waals surface area contributed by atoms with Gasteiger partial charge in [0.05, 0.1) is 5.56 Å². The normalized spacial score (nSPS) is 11.5. The van der Waals surface area contributed by atoms with Gasteiger partial charge in [0.1, 0.15) is 4.64 Å². The molecule has 1 N–H and O–H groups in total. The number of aromatic amines is 1. The highest BCUT2D eigenvalue weighted by Crippen LogP contribution is 2.36. The first kappa shape index (κ1) is 11.9. The Morgan fingerprint density at radius 2 is 1.65 bits per heavy atom. The van der Waals surface area contributed by atoms with E-state index in [2.05, 4.69) is 4.98 Å². The van der Waals surface area contributed by atoms with E-state index in [-0.39, 0.29) is 10.2 Å². The number of benzene rings is 1. The maximum Gasteiger partial charge on any atom is 0.417 e. The van der Waals surface area contributed by atoms with Gasteiger partial charge in [0.25, 0.3) is 0 Å². The van der Waals surface area contributed by atoms with Crippen LogP contribution in [0.25, 0.3) is 11.1 Å². The minimum absolute atomic E-state index is 0.0237. The van der Waals surface area contributed by atoms with Crippen LogP contribution in [0.2, 0.25) is 0 Å². The summed E-state index contributed by atoms with van der Waals surface area (Å²) in [6, 6.07) is 9.31. The van der Waals surface area contributed by atoms with Gasteiger partial charge in [-0.2, -0.15) is 13.2 Å². The number of nitrogens with one attached hydrogen (secondary N) is 1. The summed E-state index contributed by atoms with van der Waals surface area (Å²) >= 11 is 4.93. The molecular formula is C12H8F3NS. The summed E-state index contributed by atoms with van der Waals surface area (Å²) < 4.78 is 38.7. The molecular weight excluding hydrogens is 247 g/mol. The molecule has 0 saturated carbocycles. The predicted molar refractivity (Wildman–Crippen MR) is 62.1 cm³/mol. The second kappa shape index (κ2) is 4.33. The lowest BCUT2D eigenvalue weighted by molar-refractivity contribution is -0.137. The van der Waals surface area contributed by atoms with Crippen molar-refractivity contribution >= 4 is 12.2 Å². The molecule has 0 saturated heterocycles. The predicted octanol–water partition coefficient (Wildman–Crippen LogP) is 4.43. The van der Waals surface area contributed by atoms with Crippen molar-refractivity contribution in [2.24, 2.45) is 0 Å². The molecule has 0 radical (unpaired) electrons. The molecule has 1 aromatic carbocycles. The van der Waals surface area contributed by atoms with Gasteiger partial charge >= 0.3 is 6.18 Å². The van der Waals surface area contributed by atoms with E-state index < -0.39 is 11.7 Å². The zero-order chi connectivity index (χ0) is 12.5. The minimum atomic E-state index is -4.41. The lowest BCUT2D eigenvalue weighted by atomic mass is 10.0. The third-order valence-electron chi connectivity index (χ3n) is 2.33. The molecule has 0 unspecified atom stereocenters. The van der Waals surface area contributed by atoms with E-state index in [0.29, 0.717) is 5.56 Å². The van der Waals surface area contributed by atoms with Crippen LogP contribution in [0.4, 0.5) is 13.2 Å². The van der Waals surface area contributed by atoms with Crippen LogP contribution in [0.3, 0.4) is 0 Å². The fourth-order valence-electron chi connectivity index (χ4n) is 1.61. The fourth-order valence-corrected chi connectivity index (χ4v) is 1.90. The lowest BCUT2D eigenvalue weighted by Crippen LogP contribution is -2.08. The number of rotatable bonds is 1. The first-order valence-corrected chi connectivity index (χ1v) is 5.25. The second-order valence-electron chi connectivity index (χ2n) is 3.46. The number of aromatic nitrogens is 1. The zero-order valence-corrected chi connectivity index (χ0v) is 9.40. The maximum atomic E-state index is 12.9. The highest BCUT2D eigenvalue weighted by Gasteiger charge is 2.34. The first-order chi connectivity index (χ1) is 8.00. The highest BCUT2D eigenvalue weighted by atomic mass is 32.1. The minimum Gasteiger partial charge on any atom is -0.352 e. The molecule has 1 aromatic heterocycles. The molecule has 0 amide bonds. The van der Waals surface area contributed by atoms with Crippen LogP contribution < -0.4 is 0 Å². The third kappa shape index (κ3) is 2.39. The Balaban J connectivity index is 2.73. The van der Waals surface area contributed by atoms with Crippen molar-refractivity contribution in [2.75, 3.05) is 0 Å². The van der Waals surface area contributed by atoms with Gasteiger partial charge in [0, 0.05) is 11.8 Å². The molecule has 0 atom stereocenters. The molecule has 2 rings (SSSR count). The fraction of sp³-hybridized carbons (Fsp3) is 0.0833. The van der Waals surface area contributed by atoms with E-state index in [0.717, 1.165) is 6.07 Å². The SMILES string of the molecule is FC(F)(F)c1cc[nH]c(=S)c1-c1ccccc1. The summed E-state index contributed by atoms with van der Waals surface area (Å²) in [6.07, 6.45) is -3.20. The van der Waals surface area contributed by atoms with E-state index in [1.54, 1.807) is 30.3 Å². The second-order valence-corrected chi connectivity index (χ2v) is 3.87. The van der Waals surface area contributed by atoms with Gasteiger partial charge in [0.15, 0.2) is 0 Å². The van der Waals surface area contributed by atoms with Crippen molar-refractivity contribution in [1.29, 1.82) is 0 Å². The van der Waals surface area contributed by atoms with E-state index >= 15 is 0 Å². The Kier molecular flexibility index (Phi) is 3.02. The van der Waals surface area contributed by atoms with Crippen molar-refractivity contribution in [3.63, 3.8) is 0 Å². The van der Waals surface area contributed by atoms with E-state index in [4.69, 9.17) is 12.2 Å². The first-order valence-electron chi connectivity index (χ1n) is 4.84. The number of alkyl halides is 3. The van der Waals surface area contributed by atoms with E-state index in [1.165, 1.54) is 6.20 Å². The molecule has 0 spiro atoms. The molecule has 0 aliphatic heterocycles. The summed E-state index contributed by atoms with van der Waals surface area (Å²) in [6.45, 7) is 0. The molecule has 1 heterocycles. The number of hydrogen-bond acceptors (Lipinski definition) is 1. The van der Waals surface area contributed by atoms with Gasteiger partial charge in [-0.15, -0.1) is 0 Å². The van der Waals surface area contributed by atoms with Crippen LogP contribution in [0, 0.1) is 4.64 Å². The summed E-state index contributed by atoms with van der Waals surface area (Å²) in [5, 5.41) is 0. The Morgan fingerprint density at radius 3 is 2.24 bits per heavy atom. The van der Waals surface area contributed by atoms with Gasteiger partial charge in [-0.3, -0.25) is 0 Å². The van der Waals surface area contributed by atoms with Crippen LogP contribution in [-0.4, -0.2) is 4.98 Å². The van der Waals surface area contributed by atoms with Gasteiger partial charge in [-0.05, 0) is 11.6 Å². The topological polar surface area (TPSA) is 15.8 Å². The Morgan fingerprint density at radius 1 is 1.00 bits per heavy atom. The van der Waals surface area contributed by atoms with Gasteiger partial charge < -0.3 is 4.98 Å². The molecule has 0 aliphatic carbocycles. The van der Waals surface area contributed by atoms with Gasteiger partial charge in [-0.1, -0.05) is 42.5 Å². The Bertz CT molecular complexity index is 572. The Labute approximate surface area is 101 Å². The monoisotopic (exact) mass is 255 g/mol. The van der Waals surface area contributed by atoms with Gasteiger partial charge in [-0.25, -0.2) is 0 Å². The number of halogens is 3. The van der Waals surface area contributed by atoms with E-state index in [9.17, 15) is 13.2 Å². The molecule has 0 aliphatic rings. The van der Waals surface area contributed by atoms with Crippen molar-refractivity contribution in [2.45, 2.75) is 6.18 Å². The standard InChI is InChI=1S/C12H8F3NS/c13-12(14,15)9-6-7-16-11(17)10(9)8-4-2-1-3-5-8/h1-7H,(H,16,17). The number of hydrogen-bond donors (Lipinski definition) is 1.